The lowest BCUT2D eigenvalue weighted by atomic mass is 10.1. The number of carbonyl (C=O) groups excluding carboxylic acids is 1. The average molecular weight is 219 g/mol. The smallest absolute Gasteiger partial charge is 0.223 e. The van der Waals surface area contributed by atoms with Gasteiger partial charge < -0.3 is 10.4 Å². The third-order valence-corrected chi connectivity index (χ3v) is 2.84. The first-order chi connectivity index (χ1) is 7.79. The van der Waals surface area contributed by atoms with Crippen molar-refractivity contribution in [3.8, 4) is 0 Å². The van der Waals surface area contributed by atoms with Crippen LogP contribution in [0.15, 0.2) is 30.3 Å². The van der Waals surface area contributed by atoms with Crippen LogP contribution in [0.2, 0.25) is 0 Å². The second kappa shape index (κ2) is 5.12. The number of benzene rings is 1. The highest BCUT2D eigenvalue weighted by molar-refractivity contribution is 5.81. The Labute approximate surface area is 95.5 Å². The van der Waals surface area contributed by atoms with Crippen molar-refractivity contribution in [1.29, 1.82) is 0 Å². The summed E-state index contributed by atoms with van der Waals surface area (Å²) in [4.78, 5) is 11.5. The molecule has 1 amide bonds. The topological polar surface area (TPSA) is 49.3 Å². The van der Waals surface area contributed by atoms with Crippen molar-refractivity contribution < 1.29 is 9.90 Å². The van der Waals surface area contributed by atoms with Crippen LogP contribution in [0.25, 0.3) is 0 Å². The van der Waals surface area contributed by atoms with Gasteiger partial charge in [-0.05, 0) is 24.8 Å². The molecule has 16 heavy (non-hydrogen) atoms. The fourth-order valence-corrected chi connectivity index (χ4v) is 1.72. The Balaban J connectivity index is 1.87. The molecule has 1 aromatic rings. The molecular formula is C13H17NO2. The Morgan fingerprint density at radius 2 is 2.06 bits per heavy atom. The van der Waals surface area contributed by atoms with E-state index in [-0.39, 0.29) is 24.5 Å². The lowest BCUT2D eigenvalue weighted by Crippen LogP contribution is -2.39. The van der Waals surface area contributed by atoms with Crippen LogP contribution < -0.4 is 5.32 Å². The summed E-state index contributed by atoms with van der Waals surface area (Å²) in [6.45, 7) is -0.00659. The maximum atomic E-state index is 11.5. The molecule has 0 saturated heterocycles. The number of carbonyl (C=O) groups is 1. The zero-order chi connectivity index (χ0) is 11.4. The number of aliphatic hydroxyl groups is 1. The van der Waals surface area contributed by atoms with Gasteiger partial charge in [0, 0.05) is 5.92 Å². The Hall–Kier alpha value is -1.35. The molecule has 1 fully saturated rings. The monoisotopic (exact) mass is 219 g/mol. The van der Waals surface area contributed by atoms with Gasteiger partial charge in [0.25, 0.3) is 0 Å². The summed E-state index contributed by atoms with van der Waals surface area (Å²) in [5, 5.41) is 12.1. The van der Waals surface area contributed by atoms with Crippen molar-refractivity contribution in [3.63, 3.8) is 0 Å². The first-order valence-corrected chi connectivity index (χ1v) is 5.74. The van der Waals surface area contributed by atoms with E-state index >= 15 is 0 Å². The van der Waals surface area contributed by atoms with Gasteiger partial charge in [0.2, 0.25) is 5.91 Å². The minimum absolute atomic E-state index is 0.00659. The van der Waals surface area contributed by atoms with E-state index in [0.717, 1.165) is 18.4 Å². The summed E-state index contributed by atoms with van der Waals surface area (Å²) in [6.07, 6.45) is 2.68. The lowest BCUT2D eigenvalue weighted by Gasteiger charge is -2.16. The maximum absolute atomic E-state index is 11.5. The van der Waals surface area contributed by atoms with Crippen LogP contribution in [0.3, 0.4) is 0 Å². The van der Waals surface area contributed by atoms with E-state index in [2.05, 4.69) is 5.32 Å². The molecule has 1 atom stereocenters. The predicted molar refractivity (Wildman–Crippen MR) is 61.9 cm³/mol. The van der Waals surface area contributed by atoms with E-state index in [4.69, 9.17) is 0 Å². The second-order valence-corrected chi connectivity index (χ2v) is 4.35. The van der Waals surface area contributed by atoms with Crippen molar-refractivity contribution in [2.45, 2.75) is 25.3 Å². The lowest BCUT2D eigenvalue weighted by molar-refractivity contribution is -0.123. The molecule has 1 aliphatic carbocycles. The van der Waals surface area contributed by atoms with Crippen LogP contribution in [0.4, 0.5) is 0 Å². The molecule has 1 aliphatic rings. The molecule has 1 aromatic carbocycles. The maximum Gasteiger partial charge on any atom is 0.223 e. The zero-order valence-corrected chi connectivity index (χ0v) is 9.23. The SMILES string of the molecule is O=C(N[C@@H](CO)Cc1ccccc1)C1CC1. The number of nitrogens with one attached hydrogen (secondary N) is 1. The highest BCUT2D eigenvalue weighted by Crippen LogP contribution is 2.28. The van der Waals surface area contributed by atoms with Crippen molar-refractivity contribution in [1.82, 2.24) is 5.32 Å². The third-order valence-electron chi connectivity index (χ3n) is 2.84. The molecule has 3 heteroatoms. The van der Waals surface area contributed by atoms with Gasteiger partial charge in [0.05, 0.1) is 12.6 Å². The summed E-state index contributed by atoms with van der Waals surface area (Å²) < 4.78 is 0. The van der Waals surface area contributed by atoms with E-state index in [1.54, 1.807) is 0 Å². The summed E-state index contributed by atoms with van der Waals surface area (Å²) in [7, 11) is 0. The van der Waals surface area contributed by atoms with Gasteiger partial charge in [-0.15, -0.1) is 0 Å². The van der Waals surface area contributed by atoms with Crippen molar-refractivity contribution >= 4 is 5.91 Å². The third kappa shape index (κ3) is 3.07. The van der Waals surface area contributed by atoms with Crippen LogP contribution in [-0.2, 0) is 11.2 Å². The highest BCUT2D eigenvalue weighted by Gasteiger charge is 2.30. The fourth-order valence-electron chi connectivity index (χ4n) is 1.72. The predicted octanol–water partition coefficient (Wildman–Crippen LogP) is 1.12. The number of rotatable bonds is 5. The van der Waals surface area contributed by atoms with E-state index < -0.39 is 0 Å². The van der Waals surface area contributed by atoms with E-state index in [1.165, 1.54) is 0 Å². The Morgan fingerprint density at radius 3 is 2.62 bits per heavy atom. The fraction of sp³-hybridized carbons (Fsp3) is 0.462. The molecule has 1 saturated carbocycles. The minimum atomic E-state index is -0.157. The van der Waals surface area contributed by atoms with Gasteiger partial charge in [0.15, 0.2) is 0 Å². The normalized spacial score (nSPS) is 16.8. The number of amides is 1. The summed E-state index contributed by atoms with van der Waals surface area (Å²) in [5.74, 6) is 0.291. The molecular weight excluding hydrogens is 202 g/mol. The number of hydrogen-bond donors (Lipinski definition) is 2. The van der Waals surface area contributed by atoms with Gasteiger partial charge in [0.1, 0.15) is 0 Å². The molecule has 2 rings (SSSR count). The second-order valence-electron chi connectivity index (χ2n) is 4.35. The standard InChI is InChI=1S/C13H17NO2/c15-9-12(14-13(16)11-6-7-11)8-10-4-2-1-3-5-10/h1-5,11-12,15H,6-9H2,(H,14,16)/t12-/m1/s1. The zero-order valence-electron chi connectivity index (χ0n) is 9.23. The van der Waals surface area contributed by atoms with Gasteiger partial charge in [-0.2, -0.15) is 0 Å². The summed E-state index contributed by atoms with van der Waals surface area (Å²) in [6, 6.07) is 9.74. The number of hydrogen-bond acceptors (Lipinski definition) is 2. The summed E-state index contributed by atoms with van der Waals surface area (Å²) >= 11 is 0. The van der Waals surface area contributed by atoms with Crippen molar-refractivity contribution in [2.75, 3.05) is 6.61 Å². The van der Waals surface area contributed by atoms with E-state index in [1.807, 2.05) is 30.3 Å². The van der Waals surface area contributed by atoms with Crippen LogP contribution >= 0.6 is 0 Å². The first kappa shape index (κ1) is 11.1. The van der Waals surface area contributed by atoms with Crippen LogP contribution in [-0.4, -0.2) is 23.7 Å². The Morgan fingerprint density at radius 1 is 1.38 bits per heavy atom. The molecule has 0 radical (unpaired) electrons. The van der Waals surface area contributed by atoms with E-state index in [0.29, 0.717) is 6.42 Å². The molecule has 2 N–H and O–H groups in total. The molecule has 0 aliphatic heterocycles. The van der Waals surface area contributed by atoms with Gasteiger partial charge in [-0.25, -0.2) is 0 Å². The van der Waals surface area contributed by atoms with Crippen molar-refractivity contribution in [2.24, 2.45) is 5.92 Å². The largest absolute Gasteiger partial charge is 0.394 e. The average Bonchev–Trinajstić information content (AvgIpc) is 3.13. The van der Waals surface area contributed by atoms with Crippen LogP contribution in [0.5, 0.6) is 0 Å². The number of aliphatic hydroxyl groups excluding tert-OH is 1. The highest BCUT2D eigenvalue weighted by atomic mass is 16.3. The Bertz CT molecular complexity index is 346. The van der Waals surface area contributed by atoms with Gasteiger partial charge in [-0.3, -0.25) is 4.79 Å². The van der Waals surface area contributed by atoms with Crippen LogP contribution in [0.1, 0.15) is 18.4 Å². The molecule has 0 heterocycles. The molecule has 0 unspecified atom stereocenters. The Kier molecular flexibility index (Phi) is 3.57. The molecule has 0 spiro atoms. The molecule has 0 bridgehead atoms. The van der Waals surface area contributed by atoms with Crippen LogP contribution in [0, 0.1) is 5.92 Å². The van der Waals surface area contributed by atoms with E-state index in [9.17, 15) is 9.90 Å². The molecule has 3 nitrogen and oxygen atoms in total. The molecule has 0 aromatic heterocycles. The van der Waals surface area contributed by atoms with Gasteiger partial charge in [-0.1, -0.05) is 30.3 Å². The quantitative estimate of drug-likeness (QED) is 0.779. The van der Waals surface area contributed by atoms with Gasteiger partial charge >= 0.3 is 0 Å². The van der Waals surface area contributed by atoms with Crippen molar-refractivity contribution in [3.05, 3.63) is 35.9 Å². The molecule has 86 valence electrons. The first-order valence-electron chi connectivity index (χ1n) is 5.74. The minimum Gasteiger partial charge on any atom is -0.394 e. The summed E-state index contributed by atoms with van der Waals surface area (Å²) in [5.41, 5.74) is 1.14.